The summed E-state index contributed by atoms with van der Waals surface area (Å²) in [5.41, 5.74) is 2.79. The molecular weight excluding hydrogens is 350 g/mol. The van der Waals surface area contributed by atoms with Crippen LogP contribution in [0, 0.1) is 24.0 Å². The molecule has 138 valence electrons. The van der Waals surface area contributed by atoms with Gasteiger partial charge in [0.25, 0.3) is 11.6 Å². The number of carbonyl (C=O) groups excluding carboxylic acids is 1. The van der Waals surface area contributed by atoms with Crippen molar-refractivity contribution in [3.8, 4) is 11.4 Å². The summed E-state index contributed by atoms with van der Waals surface area (Å²) in [5.74, 6) is -0.306. The van der Waals surface area contributed by atoms with Crippen LogP contribution in [0.15, 0.2) is 42.5 Å². The predicted molar refractivity (Wildman–Crippen MR) is 98.4 cm³/mol. The molecule has 9 nitrogen and oxygen atoms in total. The number of anilines is 1. The number of aryl methyl sites for hydroxylation is 1. The lowest BCUT2D eigenvalue weighted by atomic mass is 10.2. The molecule has 0 fully saturated rings. The van der Waals surface area contributed by atoms with Gasteiger partial charge < -0.3 is 10.1 Å². The number of aromatic nitrogens is 3. The third-order valence-corrected chi connectivity index (χ3v) is 4.03. The number of nitrogens with zero attached hydrogens (tertiary/aromatic N) is 4. The normalized spacial score (nSPS) is 10.5. The number of non-ortho nitro benzene ring substituents is 1. The number of amides is 1. The molecule has 0 radical (unpaired) electrons. The first-order chi connectivity index (χ1) is 12.9. The van der Waals surface area contributed by atoms with E-state index in [-0.39, 0.29) is 17.1 Å². The van der Waals surface area contributed by atoms with Crippen molar-refractivity contribution in [1.82, 2.24) is 15.0 Å². The molecule has 1 amide bonds. The first-order valence-corrected chi connectivity index (χ1v) is 8.04. The molecule has 27 heavy (non-hydrogen) atoms. The molecule has 9 heteroatoms. The molecule has 0 bridgehead atoms. The van der Waals surface area contributed by atoms with Crippen molar-refractivity contribution in [2.24, 2.45) is 0 Å². The van der Waals surface area contributed by atoms with Crippen molar-refractivity contribution in [3.05, 3.63) is 69.5 Å². The molecule has 0 saturated carbocycles. The molecule has 0 unspecified atom stereocenters. The molecule has 0 saturated heterocycles. The number of carbonyl (C=O) groups is 1. The second kappa shape index (κ2) is 7.24. The maximum absolute atomic E-state index is 12.6. The number of hydrogen-bond donors (Lipinski definition) is 1. The molecular formula is C18H17N5O4. The van der Waals surface area contributed by atoms with Gasteiger partial charge in [-0.25, -0.2) is 4.68 Å². The van der Waals surface area contributed by atoms with Crippen LogP contribution in [0.4, 0.5) is 11.4 Å². The molecule has 0 atom stereocenters. The summed E-state index contributed by atoms with van der Waals surface area (Å²) >= 11 is 0. The zero-order valence-corrected chi connectivity index (χ0v) is 15.0. The van der Waals surface area contributed by atoms with Gasteiger partial charge in [-0.3, -0.25) is 14.9 Å². The summed E-state index contributed by atoms with van der Waals surface area (Å²) in [5, 5.41) is 21.5. The molecule has 2 aromatic carbocycles. The number of nitro benzene ring substituents is 1. The first kappa shape index (κ1) is 18.1. The summed E-state index contributed by atoms with van der Waals surface area (Å²) in [6, 6.07) is 11.6. The van der Waals surface area contributed by atoms with Crippen LogP contribution in [0.5, 0.6) is 5.75 Å². The fourth-order valence-corrected chi connectivity index (χ4v) is 2.55. The van der Waals surface area contributed by atoms with E-state index in [1.807, 2.05) is 31.2 Å². The van der Waals surface area contributed by atoms with Crippen molar-refractivity contribution in [2.75, 3.05) is 12.4 Å². The standard InChI is InChI=1S/C18H17N5O4/c1-11-4-6-13(7-5-11)22-12(2)17(20-21-22)18(24)19-15-9-8-14(23(25)26)10-16(15)27-3/h4-10H,1-3H3,(H,19,24). The fraction of sp³-hybridized carbons (Fsp3) is 0.167. The van der Waals surface area contributed by atoms with Crippen molar-refractivity contribution >= 4 is 17.3 Å². The number of benzene rings is 2. The van der Waals surface area contributed by atoms with Crippen molar-refractivity contribution < 1.29 is 14.5 Å². The van der Waals surface area contributed by atoms with Gasteiger partial charge in [-0.05, 0) is 32.0 Å². The first-order valence-electron chi connectivity index (χ1n) is 8.04. The van der Waals surface area contributed by atoms with Crippen LogP contribution in [0.3, 0.4) is 0 Å². The second-order valence-electron chi connectivity index (χ2n) is 5.87. The van der Waals surface area contributed by atoms with Crippen LogP contribution in [-0.4, -0.2) is 32.9 Å². The summed E-state index contributed by atoms with van der Waals surface area (Å²) < 4.78 is 6.70. The minimum absolute atomic E-state index is 0.133. The molecule has 3 rings (SSSR count). The van der Waals surface area contributed by atoms with E-state index < -0.39 is 10.8 Å². The number of nitrogens with one attached hydrogen (secondary N) is 1. The Bertz CT molecular complexity index is 1010. The van der Waals surface area contributed by atoms with Gasteiger partial charge in [0.1, 0.15) is 5.75 Å². The minimum Gasteiger partial charge on any atom is -0.494 e. The summed E-state index contributed by atoms with van der Waals surface area (Å²) in [6.07, 6.45) is 0. The van der Waals surface area contributed by atoms with Crippen LogP contribution in [-0.2, 0) is 0 Å². The Morgan fingerprint density at radius 1 is 1.19 bits per heavy atom. The lowest BCUT2D eigenvalue weighted by Crippen LogP contribution is -2.15. The van der Waals surface area contributed by atoms with Crippen molar-refractivity contribution in [2.45, 2.75) is 13.8 Å². The van der Waals surface area contributed by atoms with Gasteiger partial charge in [-0.15, -0.1) is 5.10 Å². The number of methoxy groups -OCH3 is 1. The molecule has 3 aromatic rings. The van der Waals surface area contributed by atoms with Gasteiger partial charge in [0.2, 0.25) is 0 Å². The highest BCUT2D eigenvalue weighted by Crippen LogP contribution is 2.29. The second-order valence-corrected chi connectivity index (χ2v) is 5.87. The van der Waals surface area contributed by atoms with Crippen LogP contribution >= 0.6 is 0 Å². The monoisotopic (exact) mass is 367 g/mol. The van der Waals surface area contributed by atoms with Gasteiger partial charge in [-0.1, -0.05) is 22.9 Å². The zero-order chi connectivity index (χ0) is 19.6. The quantitative estimate of drug-likeness (QED) is 0.548. The lowest BCUT2D eigenvalue weighted by molar-refractivity contribution is -0.384. The highest BCUT2D eigenvalue weighted by molar-refractivity contribution is 6.04. The van der Waals surface area contributed by atoms with E-state index in [0.717, 1.165) is 11.3 Å². The zero-order valence-electron chi connectivity index (χ0n) is 15.0. The summed E-state index contributed by atoms with van der Waals surface area (Å²) in [4.78, 5) is 22.9. The highest BCUT2D eigenvalue weighted by atomic mass is 16.6. The third-order valence-electron chi connectivity index (χ3n) is 4.03. The number of rotatable bonds is 5. The molecule has 1 N–H and O–H groups in total. The maximum atomic E-state index is 12.6. The predicted octanol–water partition coefficient (Wildman–Crippen LogP) is 3.05. The topological polar surface area (TPSA) is 112 Å². The molecule has 0 aliphatic carbocycles. The Morgan fingerprint density at radius 3 is 2.52 bits per heavy atom. The van der Waals surface area contributed by atoms with Crippen molar-refractivity contribution in [3.63, 3.8) is 0 Å². The van der Waals surface area contributed by atoms with E-state index >= 15 is 0 Å². The van der Waals surface area contributed by atoms with E-state index in [2.05, 4.69) is 15.6 Å². The Kier molecular flexibility index (Phi) is 4.84. The van der Waals surface area contributed by atoms with E-state index in [0.29, 0.717) is 11.4 Å². The SMILES string of the molecule is COc1cc([N+](=O)[O-])ccc1NC(=O)c1nnn(-c2ccc(C)cc2)c1C. The highest BCUT2D eigenvalue weighted by Gasteiger charge is 2.20. The molecule has 0 aliphatic rings. The molecule has 1 aromatic heterocycles. The average molecular weight is 367 g/mol. The van der Waals surface area contributed by atoms with Gasteiger partial charge >= 0.3 is 0 Å². The lowest BCUT2D eigenvalue weighted by Gasteiger charge is -2.09. The third kappa shape index (κ3) is 3.61. The van der Waals surface area contributed by atoms with E-state index in [1.165, 1.54) is 25.3 Å². The van der Waals surface area contributed by atoms with Crippen LogP contribution < -0.4 is 10.1 Å². The fourth-order valence-electron chi connectivity index (χ4n) is 2.55. The average Bonchev–Trinajstić information content (AvgIpc) is 3.04. The van der Waals surface area contributed by atoms with E-state index in [9.17, 15) is 14.9 Å². The number of nitro groups is 1. The number of ether oxygens (including phenoxy) is 1. The van der Waals surface area contributed by atoms with Crippen molar-refractivity contribution in [1.29, 1.82) is 0 Å². The van der Waals surface area contributed by atoms with Crippen LogP contribution in [0.2, 0.25) is 0 Å². The summed E-state index contributed by atoms with van der Waals surface area (Å²) in [7, 11) is 1.37. The van der Waals surface area contributed by atoms with Gasteiger partial charge in [0.05, 0.1) is 35.2 Å². The summed E-state index contributed by atoms with van der Waals surface area (Å²) in [6.45, 7) is 3.72. The van der Waals surface area contributed by atoms with Crippen LogP contribution in [0.1, 0.15) is 21.7 Å². The van der Waals surface area contributed by atoms with Gasteiger partial charge in [0.15, 0.2) is 5.69 Å². The largest absolute Gasteiger partial charge is 0.494 e. The van der Waals surface area contributed by atoms with Gasteiger partial charge in [-0.2, -0.15) is 0 Å². The van der Waals surface area contributed by atoms with Gasteiger partial charge in [0, 0.05) is 6.07 Å². The Labute approximate surface area is 154 Å². The number of hydrogen-bond acceptors (Lipinski definition) is 6. The maximum Gasteiger partial charge on any atom is 0.278 e. The van der Waals surface area contributed by atoms with Crippen LogP contribution in [0.25, 0.3) is 5.69 Å². The Hall–Kier alpha value is -3.75. The molecule has 1 heterocycles. The van der Waals surface area contributed by atoms with E-state index in [4.69, 9.17) is 4.74 Å². The smallest absolute Gasteiger partial charge is 0.278 e. The Balaban J connectivity index is 1.87. The Morgan fingerprint density at radius 2 is 1.89 bits per heavy atom. The minimum atomic E-state index is -0.536. The molecule has 0 aliphatic heterocycles. The van der Waals surface area contributed by atoms with E-state index in [1.54, 1.807) is 11.6 Å². The molecule has 0 spiro atoms.